The van der Waals surface area contributed by atoms with E-state index in [4.69, 9.17) is 16.0 Å². The van der Waals surface area contributed by atoms with E-state index in [0.717, 1.165) is 9.26 Å². The van der Waals surface area contributed by atoms with Crippen LogP contribution in [0.25, 0.3) is 0 Å². The Morgan fingerprint density at radius 2 is 2.00 bits per heavy atom. The second-order valence-corrected chi connectivity index (χ2v) is 6.55. The molecule has 0 bridgehead atoms. The lowest BCUT2D eigenvalue weighted by Crippen LogP contribution is -1.98. The zero-order valence-corrected chi connectivity index (χ0v) is 13.9. The number of hydrogen-bond acceptors (Lipinski definition) is 3. The van der Waals surface area contributed by atoms with Crippen LogP contribution in [0.5, 0.6) is 0 Å². The topological polar surface area (TPSA) is 25.2 Å². The van der Waals surface area contributed by atoms with Gasteiger partial charge in [-0.2, -0.15) is 8.78 Å². The van der Waals surface area contributed by atoms with Gasteiger partial charge in [0.1, 0.15) is 11.5 Å². The van der Waals surface area contributed by atoms with Crippen LogP contribution in [-0.4, -0.2) is 5.76 Å². The Morgan fingerprint density at radius 3 is 2.70 bits per heavy atom. The van der Waals surface area contributed by atoms with Crippen molar-refractivity contribution < 1.29 is 13.2 Å². The zero-order chi connectivity index (χ0) is 14.5. The number of nitrogens with one attached hydrogen (secondary N) is 1. The van der Waals surface area contributed by atoms with Crippen LogP contribution in [0.15, 0.2) is 34.7 Å². The molecule has 2 rings (SSSR count). The van der Waals surface area contributed by atoms with Gasteiger partial charge in [-0.25, -0.2) is 0 Å². The molecule has 2 aromatic rings. The summed E-state index contributed by atoms with van der Waals surface area (Å²) >= 11 is 8.83. The third-order valence-corrected chi connectivity index (χ3v) is 4.14. The van der Waals surface area contributed by atoms with Gasteiger partial charge in [0.25, 0.3) is 5.76 Å². The molecule has 0 saturated carbocycles. The summed E-state index contributed by atoms with van der Waals surface area (Å²) in [6, 6.07) is 9.18. The highest BCUT2D eigenvalue weighted by Gasteiger charge is 2.08. The van der Waals surface area contributed by atoms with Gasteiger partial charge in [0.15, 0.2) is 0 Å². The third kappa shape index (κ3) is 4.82. The van der Waals surface area contributed by atoms with Crippen LogP contribution in [0.2, 0.25) is 5.02 Å². The molecule has 20 heavy (non-hydrogen) atoms. The number of anilines is 1. The van der Waals surface area contributed by atoms with Crippen molar-refractivity contribution in [2.24, 2.45) is 0 Å². The molecule has 0 spiro atoms. The first kappa shape index (κ1) is 15.9. The SMILES string of the molecule is FC(F)SCc1ccc(CNc2ccc(I)cc2Cl)o1. The molecule has 0 radical (unpaired) electrons. The molecule has 2 nitrogen and oxygen atoms in total. The van der Waals surface area contributed by atoms with Crippen molar-refractivity contribution in [2.45, 2.75) is 18.1 Å². The number of furan rings is 1. The van der Waals surface area contributed by atoms with E-state index in [1.165, 1.54) is 0 Å². The molecule has 0 unspecified atom stereocenters. The largest absolute Gasteiger partial charge is 0.463 e. The smallest absolute Gasteiger partial charge is 0.284 e. The van der Waals surface area contributed by atoms with Gasteiger partial charge in [-0.1, -0.05) is 23.4 Å². The standard InChI is InChI=1S/C13H11ClF2INOS/c14-11-5-8(17)1-4-12(11)18-6-9-2-3-10(19-9)7-20-13(15)16/h1-5,13,18H,6-7H2. The van der Waals surface area contributed by atoms with Crippen molar-refractivity contribution in [1.82, 2.24) is 0 Å². The molecule has 0 saturated heterocycles. The summed E-state index contributed by atoms with van der Waals surface area (Å²) in [6.45, 7) is 0.458. The van der Waals surface area contributed by atoms with E-state index in [9.17, 15) is 8.78 Å². The van der Waals surface area contributed by atoms with Crippen molar-refractivity contribution in [1.29, 1.82) is 0 Å². The van der Waals surface area contributed by atoms with Gasteiger partial charge in [0.2, 0.25) is 0 Å². The zero-order valence-electron chi connectivity index (χ0n) is 10.2. The molecule has 0 aliphatic heterocycles. The highest BCUT2D eigenvalue weighted by Crippen LogP contribution is 2.25. The van der Waals surface area contributed by atoms with Gasteiger partial charge < -0.3 is 9.73 Å². The maximum atomic E-state index is 12.1. The van der Waals surface area contributed by atoms with Crippen LogP contribution in [0.3, 0.4) is 0 Å². The van der Waals surface area contributed by atoms with E-state index < -0.39 is 5.76 Å². The monoisotopic (exact) mass is 429 g/mol. The van der Waals surface area contributed by atoms with E-state index in [1.807, 2.05) is 18.2 Å². The van der Waals surface area contributed by atoms with E-state index >= 15 is 0 Å². The van der Waals surface area contributed by atoms with Gasteiger partial charge in [-0.05, 0) is 52.9 Å². The highest BCUT2D eigenvalue weighted by molar-refractivity contribution is 14.1. The Labute approximate surface area is 138 Å². The Balaban J connectivity index is 1.90. The van der Waals surface area contributed by atoms with Gasteiger partial charge in [0, 0.05) is 3.57 Å². The minimum Gasteiger partial charge on any atom is -0.463 e. The fourth-order valence-electron chi connectivity index (χ4n) is 1.56. The second kappa shape index (κ2) is 7.51. The molecule has 1 N–H and O–H groups in total. The quantitative estimate of drug-likeness (QED) is 0.605. The number of halogens is 4. The van der Waals surface area contributed by atoms with E-state index in [2.05, 4.69) is 27.9 Å². The van der Waals surface area contributed by atoms with Gasteiger partial charge >= 0.3 is 0 Å². The molecule has 1 aromatic heterocycles. The van der Waals surface area contributed by atoms with Crippen LogP contribution in [0, 0.1) is 3.57 Å². The molecular formula is C13H11ClF2INOS. The lowest BCUT2D eigenvalue weighted by Gasteiger charge is -2.07. The minimum atomic E-state index is -2.38. The molecule has 0 amide bonds. The first-order valence-corrected chi connectivity index (χ1v) is 8.21. The summed E-state index contributed by atoms with van der Waals surface area (Å²) in [7, 11) is 0. The maximum absolute atomic E-state index is 12.1. The van der Waals surface area contributed by atoms with Crippen LogP contribution in [-0.2, 0) is 12.3 Å². The average molecular weight is 430 g/mol. The third-order valence-electron chi connectivity index (χ3n) is 2.45. The molecule has 7 heteroatoms. The number of thioether (sulfide) groups is 1. The normalized spacial score (nSPS) is 11.1. The van der Waals surface area contributed by atoms with Crippen LogP contribution in [0.1, 0.15) is 11.5 Å². The summed E-state index contributed by atoms with van der Waals surface area (Å²) in [5, 5.41) is 3.79. The van der Waals surface area contributed by atoms with Crippen molar-refractivity contribution in [2.75, 3.05) is 5.32 Å². The molecular weight excluding hydrogens is 419 g/mol. The van der Waals surface area contributed by atoms with Crippen LogP contribution >= 0.6 is 46.0 Å². The van der Waals surface area contributed by atoms with Crippen molar-refractivity contribution in [3.05, 3.63) is 50.4 Å². The fraction of sp³-hybridized carbons (Fsp3) is 0.231. The summed E-state index contributed by atoms with van der Waals surface area (Å²) in [6.07, 6.45) is 0. The summed E-state index contributed by atoms with van der Waals surface area (Å²) in [4.78, 5) is 0. The Morgan fingerprint density at radius 1 is 1.25 bits per heavy atom. The number of alkyl halides is 2. The molecule has 108 valence electrons. The summed E-state index contributed by atoms with van der Waals surface area (Å²) in [5.41, 5.74) is 0.812. The van der Waals surface area contributed by atoms with Crippen molar-refractivity contribution >= 4 is 51.6 Å². The first-order chi connectivity index (χ1) is 9.54. The molecule has 0 fully saturated rings. The summed E-state index contributed by atoms with van der Waals surface area (Å²) < 4.78 is 30.7. The number of rotatable bonds is 6. The molecule has 0 aliphatic carbocycles. The summed E-state index contributed by atoms with van der Waals surface area (Å²) in [5.74, 6) is -0.986. The van der Waals surface area contributed by atoms with Crippen LogP contribution in [0.4, 0.5) is 14.5 Å². The fourth-order valence-corrected chi connectivity index (χ4v) is 2.92. The Bertz CT molecular complexity index is 579. The van der Waals surface area contributed by atoms with E-state index in [1.54, 1.807) is 12.1 Å². The van der Waals surface area contributed by atoms with Gasteiger partial charge in [-0.15, -0.1) is 0 Å². The maximum Gasteiger partial charge on any atom is 0.284 e. The van der Waals surface area contributed by atoms with Crippen molar-refractivity contribution in [3.8, 4) is 0 Å². The highest BCUT2D eigenvalue weighted by atomic mass is 127. The molecule has 0 aliphatic rings. The Hall–Kier alpha value is -0.470. The van der Waals surface area contributed by atoms with Gasteiger partial charge in [0.05, 0.1) is 23.0 Å². The first-order valence-electron chi connectivity index (χ1n) is 5.71. The lowest BCUT2D eigenvalue weighted by molar-refractivity contribution is 0.251. The average Bonchev–Trinajstić information content (AvgIpc) is 2.83. The second-order valence-electron chi connectivity index (χ2n) is 3.92. The number of benzene rings is 1. The van der Waals surface area contributed by atoms with Crippen LogP contribution < -0.4 is 5.32 Å². The Kier molecular flexibility index (Phi) is 5.98. The molecule has 1 aromatic carbocycles. The predicted molar refractivity (Wildman–Crippen MR) is 87.5 cm³/mol. The molecule has 1 heterocycles. The predicted octanol–water partition coefficient (Wildman–Crippen LogP) is 5.61. The van der Waals surface area contributed by atoms with E-state index in [-0.39, 0.29) is 5.75 Å². The van der Waals surface area contributed by atoms with E-state index in [0.29, 0.717) is 34.8 Å². The number of hydrogen-bond donors (Lipinski definition) is 1. The minimum absolute atomic E-state index is 0.169. The van der Waals surface area contributed by atoms with Gasteiger partial charge in [-0.3, -0.25) is 0 Å². The lowest BCUT2D eigenvalue weighted by atomic mass is 10.3. The molecule has 0 atom stereocenters. The van der Waals surface area contributed by atoms with Crippen molar-refractivity contribution in [3.63, 3.8) is 0 Å².